The molecule has 0 aliphatic carbocycles. The number of hydrogen-bond acceptors (Lipinski definition) is 2. The third-order valence-corrected chi connectivity index (χ3v) is 6.54. The first kappa shape index (κ1) is 24.9. The predicted molar refractivity (Wildman–Crippen MR) is 148 cm³/mol. The van der Waals surface area contributed by atoms with Crippen LogP contribution in [0.3, 0.4) is 0 Å². The van der Waals surface area contributed by atoms with E-state index in [1.165, 1.54) is 33.5 Å². The lowest BCUT2D eigenvalue weighted by atomic mass is 9.90. The van der Waals surface area contributed by atoms with E-state index < -0.39 is 0 Å². The van der Waals surface area contributed by atoms with Crippen LogP contribution in [0.1, 0.15) is 62.4 Å². The maximum absolute atomic E-state index is 4.84. The van der Waals surface area contributed by atoms with Gasteiger partial charge >= 0.3 is 0 Å². The van der Waals surface area contributed by atoms with Gasteiger partial charge in [-0.15, -0.1) is 10.2 Å². The normalized spacial score (nSPS) is 11.6. The summed E-state index contributed by atoms with van der Waals surface area (Å²) < 4.78 is 2.35. The Labute approximate surface area is 211 Å². The van der Waals surface area contributed by atoms with E-state index in [4.69, 9.17) is 10.2 Å². The molecule has 3 aromatic carbocycles. The van der Waals surface area contributed by atoms with E-state index in [9.17, 15) is 0 Å². The lowest BCUT2D eigenvalue weighted by Gasteiger charge is -2.23. The number of aromatic nitrogens is 3. The van der Waals surface area contributed by atoms with Crippen LogP contribution in [0.4, 0.5) is 0 Å². The molecule has 4 aromatic rings. The first-order chi connectivity index (χ1) is 16.8. The minimum atomic E-state index is 0.550. The van der Waals surface area contributed by atoms with Gasteiger partial charge < -0.3 is 0 Å². The van der Waals surface area contributed by atoms with Crippen molar-refractivity contribution in [3.63, 3.8) is 0 Å². The van der Waals surface area contributed by atoms with Gasteiger partial charge in [0, 0.05) is 11.1 Å². The molecule has 0 amide bonds. The van der Waals surface area contributed by atoms with Crippen molar-refractivity contribution in [2.45, 2.75) is 67.7 Å². The molecule has 0 bridgehead atoms. The number of benzene rings is 3. The van der Waals surface area contributed by atoms with Crippen LogP contribution in [0.2, 0.25) is 0 Å². The Morgan fingerprint density at radius 3 is 1.91 bits per heavy atom. The Morgan fingerprint density at radius 2 is 1.34 bits per heavy atom. The number of aryl methyl sites for hydroxylation is 3. The lowest BCUT2D eigenvalue weighted by molar-refractivity contribution is 0.630. The van der Waals surface area contributed by atoms with Crippen molar-refractivity contribution in [1.82, 2.24) is 14.8 Å². The highest BCUT2D eigenvalue weighted by atomic mass is 15.3. The molecule has 35 heavy (non-hydrogen) atoms. The summed E-state index contributed by atoms with van der Waals surface area (Å²) >= 11 is 0. The maximum atomic E-state index is 4.84. The Morgan fingerprint density at radius 1 is 0.743 bits per heavy atom. The Balaban J connectivity index is 2.11. The molecule has 0 saturated heterocycles. The van der Waals surface area contributed by atoms with E-state index in [0.29, 0.717) is 11.8 Å². The topological polar surface area (TPSA) is 30.7 Å². The Bertz CT molecular complexity index is 1260. The zero-order valence-corrected chi connectivity index (χ0v) is 22.4. The molecule has 4 rings (SSSR count). The first-order valence-corrected chi connectivity index (χ1v) is 13.0. The van der Waals surface area contributed by atoms with Crippen LogP contribution >= 0.6 is 0 Å². The van der Waals surface area contributed by atoms with Crippen LogP contribution in [-0.4, -0.2) is 14.8 Å². The summed E-state index contributed by atoms with van der Waals surface area (Å²) in [6.45, 7) is 15.8. The van der Waals surface area contributed by atoms with Crippen molar-refractivity contribution in [2.75, 3.05) is 0 Å². The zero-order valence-electron chi connectivity index (χ0n) is 22.4. The molecule has 3 heteroatoms. The number of hydrogen-bond donors (Lipinski definition) is 0. The van der Waals surface area contributed by atoms with Gasteiger partial charge in [-0.05, 0) is 73.3 Å². The average Bonchev–Trinajstić information content (AvgIpc) is 3.24. The standard InChI is InChI=1S/C32H39N3/c1-8-25-19-27(16-21(2)3)30(28(20-25)17-22(4)5)35-31(26-12-10-9-11-13-26)33-34-32(35)29-18-23(6)14-15-24(29)7/h9-15,18-22H,8,16-17H2,1-7H3. The lowest BCUT2D eigenvalue weighted by Crippen LogP contribution is -2.12. The summed E-state index contributed by atoms with van der Waals surface area (Å²) in [5, 5.41) is 9.64. The third kappa shape index (κ3) is 5.40. The fourth-order valence-electron chi connectivity index (χ4n) is 4.94. The van der Waals surface area contributed by atoms with E-state index in [1.807, 2.05) is 0 Å². The molecule has 3 nitrogen and oxygen atoms in total. The highest BCUT2D eigenvalue weighted by molar-refractivity contribution is 5.71. The molecular weight excluding hydrogens is 426 g/mol. The largest absolute Gasteiger partial charge is 0.274 e. The van der Waals surface area contributed by atoms with Gasteiger partial charge in [-0.25, -0.2) is 0 Å². The van der Waals surface area contributed by atoms with Gasteiger partial charge in [-0.2, -0.15) is 0 Å². The molecule has 0 fully saturated rings. The zero-order chi connectivity index (χ0) is 25.1. The molecule has 0 unspecified atom stereocenters. The SMILES string of the molecule is CCc1cc(CC(C)C)c(-n2c(-c3ccccc3)nnc2-c2cc(C)ccc2C)c(CC(C)C)c1. The van der Waals surface area contributed by atoms with Gasteiger partial charge in [0.05, 0.1) is 5.69 Å². The molecule has 1 aromatic heterocycles. The smallest absolute Gasteiger partial charge is 0.169 e. The van der Waals surface area contributed by atoms with E-state index in [-0.39, 0.29) is 0 Å². The summed E-state index contributed by atoms with van der Waals surface area (Å²) in [6.07, 6.45) is 3.08. The fourth-order valence-corrected chi connectivity index (χ4v) is 4.94. The molecule has 0 aliphatic rings. The summed E-state index contributed by atoms with van der Waals surface area (Å²) in [5.74, 6) is 2.92. The van der Waals surface area contributed by atoms with Gasteiger partial charge in [-0.1, -0.05) is 94.8 Å². The fraction of sp³-hybridized carbons (Fsp3) is 0.375. The summed E-state index contributed by atoms with van der Waals surface area (Å²) in [6, 6.07) is 21.9. The second-order valence-electron chi connectivity index (χ2n) is 10.7. The van der Waals surface area contributed by atoms with Gasteiger partial charge in [0.1, 0.15) is 0 Å². The molecule has 1 heterocycles. The highest BCUT2D eigenvalue weighted by Gasteiger charge is 2.24. The van der Waals surface area contributed by atoms with Crippen molar-refractivity contribution < 1.29 is 0 Å². The first-order valence-electron chi connectivity index (χ1n) is 13.0. The van der Waals surface area contributed by atoms with Crippen LogP contribution in [0.25, 0.3) is 28.5 Å². The van der Waals surface area contributed by atoms with Gasteiger partial charge in [-0.3, -0.25) is 4.57 Å². The highest BCUT2D eigenvalue weighted by Crippen LogP contribution is 2.36. The molecule has 0 atom stereocenters. The van der Waals surface area contributed by atoms with E-state index in [1.54, 1.807) is 0 Å². The molecule has 182 valence electrons. The maximum Gasteiger partial charge on any atom is 0.169 e. The van der Waals surface area contributed by atoms with E-state index >= 15 is 0 Å². The number of nitrogens with zero attached hydrogens (tertiary/aromatic N) is 3. The second-order valence-corrected chi connectivity index (χ2v) is 10.7. The third-order valence-electron chi connectivity index (χ3n) is 6.54. The monoisotopic (exact) mass is 465 g/mol. The van der Waals surface area contributed by atoms with Crippen LogP contribution in [-0.2, 0) is 19.3 Å². The van der Waals surface area contributed by atoms with Crippen molar-refractivity contribution in [3.05, 3.63) is 88.5 Å². The Kier molecular flexibility index (Phi) is 7.54. The van der Waals surface area contributed by atoms with Crippen molar-refractivity contribution in [2.24, 2.45) is 11.8 Å². The van der Waals surface area contributed by atoms with Crippen LogP contribution in [0, 0.1) is 25.7 Å². The minimum Gasteiger partial charge on any atom is -0.274 e. The second kappa shape index (κ2) is 10.6. The van der Waals surface area contributed by atoms with Gasteiger partial charge in [0.2, 0.25) is 0 Å². The molecular formula is C32H39N3. The molecule has 0 aliphatic heterocycles. The van der Waals surface area contributed by atoms with E-state index in [0.717, 1.165) is 42.0 Å². The molecule has 0 spiro atoms. The Hall–Kier alpha value is -3.20. The number of rotatable bonds is 8. The quantitative estimate of drug-likeness (QED) is 0.263. The van der Waals surface area contributed by atoms with Crippen LogP contribution < -0.4 is 0 Å². The van der Waals surface area contributed by atoms with Gasteiger partial charge in [0.15, 0.2) is 11.6 Å². The van der Waals surface area contributed by atoms with Crippen LogP contribution in [0.15, 0.2) is 60.7 Å². The van der Waals surface area contributed by atoms with Crippen molar-refractivity contribution in [1.29, 1.82) is 0 Å². The minimum absolute atomic E-state index is 0.550. The van der Waals surface area contributed by atoms with Crippen molar-refractivity contribution in [3.8, 4) is 28.5 Å². The van der Waals surface area contributed by atoms with Gasteiger partial charge in [0.25, 0.3) is 0 Å². The summed E-state index contributed by atoms with van der Waals surface area (Å²) in [7, 11) is 0. The van der Waals surface area contributed by atoms with E-state index in [2.05, 4.69) is 114 Å². The van der Waals surface area contributed by atoms with Crippen molar-refractivity contribution >= 4 is 0 Å². The molecule has 0 radical (unpaired) electrons. The summed E-state index contributed by atoms with van der Waals surface area (Å²) in [4.78, 5) is 0. The predicted octanol–water partition coefficient (Wildman–Crippen LogP) is 8.18. The summed E-state index contributed by atoms with van der Waals surface area (Å²) in [5.41, 5.74) is 10.1. The van der Waals surface area contributed by atoms with Crippen LogP contribution in [0.5, 0.6) is 0 Å². The molecule has 0 N–H and O–H groups in total. The average molecular weight is 466 g/mol. The molecule has 0 saturated carbocycles.